The van der Waals surface area contributed by atoms with Crippen molar-refractivity contribution in [1.82, 2.24) is 5.32 Å². The van der Waals surface area contributed by atoms with Gasteiger partial charge in [0.2, 0.25) is 0 Å². The van der Waals surface area contributed by atoms with Gasteiger partial charge in [-0.1, -0.05) is 58.3 Å². The van der Waals surface area contributed by atoms with Crippen LogP contribution in [0.5, 0.6) is 5.75 Å². The Balaban J connectivity index is 2.20. The lowest BCUT2D eigenvalue weighted by atomic mass is 10.1. The lowest BCUT2D eigenvalue weighted by Crippen LogP contribution is -2.29. The average Bonchev–Trinajstić information content (AvgIpc) is 2.63. The zero-order valence-electron chi connectivity index (χ0n) is 15.9. The molecule has 0 spiro atoms. The van der Waals surface area contributed by atoms with E-state index < -0.39 is 4.92 Å². The largest absolute Gasteiger partial charge is 0.494 e. The van der Waals surface area contributed by atoms with Gasteiger partial charge < -0.3 is 15.4 Å². The fraction of sp³-hybridized carbons (Fsp3) is 0.632. The first-order valence-corrected chi connectivity index (χ1v) is 9.86. The van der Waals surface area contributed by atoms with Gasteiger partial charge in [0.25, 0.3) is 5.69 Å². The average molecular weight is 382 g/mol. The van der Waals surface area contributed by atoms with Gasteiger partial charge in [-0.2, -0.15) is 0 Å². The highest BCUT2D eigenvalue weighted by Crippen LogP contribution is 2.28. The van der Waals surface area contributed by atoms with Gasteiger partial charge >= 0.3 is 0 Å². The summed E-state index contributed by atoms with van der Waals surface area (Å²) in [6.45, 7) is 3.06. The Labute approximate surface area is 161 Å². The summed E-state index contributed by atoms with van der Waals surface area (Å²) in [5.41, 5.74) is 0.601. The third-order valence-corrected chi connectivity index (χ3v) is 4.46. The van der Waals surface area contributed by atoms with Crippen LogP contribution in [-0.4, -0.2) is 23.7 Å². The fourth-order valence-electron chi connectivity index (χ4n) is 2.70. The molecule has 0 heterocycles. The number of nitrogens with zero attached hydrogens (tertiary/aromatic N) is 1. The van der Waals surface area contributed by atoms with Crippen LogP contribution in [0.4, 0.5) is 11.4 Å². The second kappa shape index (κ2) is 13.3. The molecule has 7 heteroatoms. The van der Waals surface area contributed by atoms with Gasteiger partial charge in [-0.05, 0) is 24.7 Å². The topological polar surface area (TPSA) is 76.4 Å². The lowest BCUT2D eigenvalue weighted by Gasteiger charge is -2.13. The molecular formula is C19H31N3O3S. The van der Waals surface area contributed by atoms with Gasteiger partial charge in [-0.15, -0.1) is 0 Å². The van der Waals surface area contributed by atoms with Crippen molar-refractivity contribution in [1.29, 1.82) is 0 Å². The number of hydrogen-bond acceptors (Lipinski definition) is 4. The number of nitrogens with one attached hydrogen (secondary N) is 2. The third kappa shape index (κ3) is 8.99. The molecular weight excluding hydrogens is 350 g/mol. The molecule has 146 valence electrons. The van der Waals surface area contributed by atoms with Crippen LogP contribution in [-0.2, 0) is 0 Å². The normalized spacial score (nSPS) is 10.4. The first kappa shape index (κ1) is 22.2. The van der Waals surface area contributed by atoms with E-state index >= 15 is 0 Å². The number of thiocarbonyl (C=S) groups is 1. The van der Waals surface area contributed by atoms with Gasteiger partial charge in [0.1, 0.15) is 5.75 Å². The molecule has 0 amide bonds. The molecule has 0 bridgehead atoms. The number of hydrogen-bond donors (Lipinski definition) is 2. The summed E-state index contributed by atoms with van der Waals surface area (Å²) in [4.78, 5) is 10.4. The van der Waals surface area contributed by atoms with E-state index in [4.69, 9.17) is 17.0 Å². The van der Waals surface area contributed by atoms with Crippen LogP contribution in [0.2, 0.25) is 0 Å². The first-order chi connectivity index (χ1) is 12.6. The molecule has 1 aromatic carbocycles. The zero-order valence-corrected chi connectivity index (χ0v) is 16.7. The minimum atomic E-state index is -0.452. The predicted molar refractivity (Wildman–Crippen MR) is 111 cm³/mol. The van der Waals surface area contributed by atoms with Crippen LogP contribution in [0.3, 0.4) is 0 Å². The van der Waals surface area contributed by atoms with E-state index in [0.29, 0.717) is 16.5 Å². The minimum Gasteiger partial charge on any atom is -0.494 e. The molecule has 0 aliphatic carbocycles. The molecule has 0 aliphatic rings. The number of benzene rings is 1. The Kier molecular flexibility index (Phi) is 11.4. The molecule has 0 atom stereocenters. The van der Waals surface area contributed by atoms with Crippen molar-refractivity contribution in [3.8, 4) is 5.75 Å². The van der Waals surface area contributed by atoms with Gasteiger partial charge in [0, 0.05) is 12.6 Å². The molecule has 0 radical (unpaired) electrons. The van der Waals surface area contributed by atoms with E-state index in [9.17, 15) is 10.1 Å². The number of anilines is 1. The molecule has 0 aliphatic heterocycles. The summed E-state index contributed by atoms with van der Waals surface area (Å²) >= 11 is 5.28. The molecule has 2 N–H and O–H groups in total. The molecule has 1 rings (SSSR count). The monoisotopic (exact) mass is 381 g/mol. The maximum atomic E-state index is 10.8. The molecule has 1 aromatic rings. The van der Waals surface area contributed by atoms with Crippen LogP contribution in [0, 0.1) is 10.1 Å². The third-order valence-electron chi connectivity index (χ3n) is 4.21. The van der Waals surface area contributed by atoms with Crippen molar-refractivity contribution in [2.75, 3.05) is 19.0 Å². The van der Waals surface area contributed by atoms with Gasteiger partial charge in [0.15, 0.2) is 5.11 Å². The second-order valence-electron chi connectivity index (χ2n) is 6.35. The van der Waals surface area contributed by atoms with Crippen LogP contribution < -0.4 is 15.4 Å². The highest BCUT2D eigenvalue weighted by Gasteiger charge is 2.12. The van der Waals surface area contributed by atoms with E-state index in [2.05, 4.69) is 17.6 Å². The minimum absolute atomic E-state index is 0.0130. The maximum absolute atomic E-state index is 10.8. The van der Waals surface area contributed by atoms with Crippen molar-refractivity contribution in [3.05, 3.63) is 28.3 Å². The Hall–Kier alpha value is -1.89. The van der Waals surface area contributed by atoms with Crippen molar-refractivity contribution >= 4 is 28.7 Å². The highest BCUT2D eigenvalue weighted by atomic mass is 32.1. The predicted octanol–water partition coefficient (Wildman–Crippen LogP) is 5.42. The van der Waals surface area contributed by atoms with Gasteiger partial charge in [0.05, 0.1) is 23.8 Å². The first-order valence-electron chi connectivity index (χ1n) is 9.45. The number of methoxy groups -OCH3 is 1. The summed E-state index contributed by atoms with van der Waals surface area (Å²) < 4.78 is 5.19. The molecule has 0 fully saturated rings. The zero-order chi connectivity index (χ0) is 19.2. The van der Waals surface area contributed by atoms with E-state index in [1.54, 1.807) is 6.07 Å². The number of unbranched alkanes of at least 4 members (excludes halogenated alkanes) is 8. The van der Waals surface area contributed by atoms with Crippen LogP contribution >= 0.6 is 12.2 Å². The lowest BCUT2D eigenvalue weighted by molar-refractivity contribution is -0.384. The molecule has 26 heavy (non-hydrogen) atoms. The fourth-order valence-corrected chi connectivity index (χ4v) is 2.91. The van der Waals surface area contributed by atoms with Crippen molar-refractivity contribution in [2.45, 2.75) is 64.7 Å². The van der Waals surface area contributed by atoms with Crippen LogP contribution in [0.1, 0.15) is 64.7 Å². The Bertz CT molecular complexity index is 567. The molecule has 0 saturated heterocycles. The van der Waals surface area contributed by atoms with Crippen molar-refractivity contribution in [2.24, 2.45) is 0 Å². The summed E-state index contributed by atoms with van der Waals surface area (Å²) in [7, 11) is 1.48. The summed E-state index contributed by atoms with van der Waals surface area (Å²) in [6.07, 6.45) is 11.6. The summed E-state index contributed by atoms with van der Waals surface area (Å²) in [5, 5.41) is 17.5. The van der Waals surface area contributed by atoms with Crippen LogP contribution in [0.15, 0.2) is 18.2 Å². The smallest absolute Gasteiger partial charge is 0.273 e. The van der Waals surface area contributed by atoms with Gasteiger partial charge in [-0.3, -0.25) is 10.1 Å². The summed E-state index contributed by atoms with van der Waals surface area (Å²) in [6, 6.07) is 4.41. The van der Waals surface area contributed by atoms with E-state index in [1.807, 2.05) is 0 Å². The maximum Gasteiger partial charge on any atom is 0.273 e. The Morgan fingerprint density at radius 2 is 1.73 bits per heavy atom. The molecule has 0 saturated carbocycles. The number of non-ortho nitro benzene ring substituents is 1. The van der Waals surface area contributed by atoms with E-state index in [1.165, 1.54) is 70.6 Å². The van der Waals surface area contributed by atoms with Crippen molar-refractivity contribution in [3.63, 3.8) is 0 Å². The summed E-state index contributed by atoms with van der Waals surface area (Å²) in [5.74, 6) is 0.395. The molecule has 6 nitrogen and oxygen atoms in total. The van der Waals surface area contributed by atoms with Crippen LogP contribution in [0.25, 0.3) is 0 Å². The van der Waals surface area contributed by atoms with Crippen molar-refractivity contribution < 1.29 is 9.66 Å². The standard InChI is InChI=1S/C19H31N3O3S/c1-3-4-5-6-7-8-9-10-11-14-20-19(26)21-17-13-12-16(22(23)24)15-18(17)25-2/h12-13,15H,3-11,14H2,1-2H3,(H2,20,21,26). The number of nitro benzene ring substituents is 1. The number of ether oxygens (including phenoxy) is 1. The number of nitro groups is 1. The van der Waals surface area contributed by atoms with Gasteiger partial charge in [-0.25, -0.2) is 0 Å². The van der Waals surface area contributed by atoms with E-state index in [0.717, 1.165) is 13.0 Å². The SMILES string of the molecule is CCCCCCCCCCCNC(=S)Nc1ccc([N+](=O)[O-])cc1OC. The Morgan fingerprint density at radius 1 is 1.12 bits per heavy atom. The highest BCUT2D eigenvalue weighted by molar-refractivity contribution is 7.80. The molecule has 0 unspecified atom stereocenters. The quantitative estimate of drug-likeness (QED) is 0.206. The second-order valence-corrected chi connectivity index (χ2v) is 6.76. The number of rotatable bonds is 13. The van der Waals surface area contributed by atoms with E-state index in [-0.39, 0.29) is 5.69 Å². The Morgan fingerprint density at radius 3 is 2.31 bits per heavy atom. The molecule has 0 aromatic heterocycles.